The summed E-state index contributed by atoms with van der Waals surface area (Å²) in [4.78, 5) is 28.8. The zero-order chi connectivity index (χ0) is 27.3. The number of aryl methyl sites for hydroxylation is 1. The molecule has 3 aromatic carbocycles. The Morgan fingerprint density at radius 2 is 1.61 bits per heavy atom. The van der Waals surface area contributed by atoms with E-state index in [1.54, 1.807) is 23.1 Å². The molecule has 0 aromatic heterocycles. The van der Waals surface area contributed by atoms with E-state index < -0.39 is 6.04 Å². The van der Waals surface area contributed by atoms with Gasteiger partial charge in [0.15, 0.2) is 0 Å². The SMILES string of the molecule is CCCCNC(=O)C(Cc1ccccc1)N(Cc1c(Cl)cccc1Cl)C(=O)CCCOc1ccc(C)cc1. The van der Waals surface area contributed by atoms with Gasteiger partial charge in [0.25, 0.3) is 0 Å². The van der Waals surface area contributed by atoms with Crippen molar-refractivity contribution in [3.8, 4) is 5.75 Å². The highest BCUT2D eigenvalue weighted by Crippen LogP contribution is 2.27. The number of nitrogens with one attached hydrogen (secondary N) is 1. The van der Waals surface area contributed by atoms with Crippen LogP contribution in [-0.2, 0) is 22.6 Å². The molecule has 0 radical (unpaired) electrons. The van der Waals surface area contributed by atoms with E-state index in [0.29, 0.717) is 41.6 Å². The van der Waals surface area contributed by atoms with E-state index in [1.807, 2.05) is 61.5 Å². The summed E-state index contributed by atoms with van der Waals surface area (Å²) in [6, 6.07) is 22.1. The number of rotatable bonds is 14. The van der Waals surface area contributed by atoms with Crippen LogP contribution in [-0.4, -0.2) is 35.9 Å². The average molecular weight is 556 g/mol. The van der Waals surface area contributed by atoms with Gasteiger partial charge in [0, 0.05) is 41.5 Å². The highest BCUT2D eigenvalue weighted by Gasteiger charge is 2.31. The minimum Gasteiger partial charge on any atom is -0.494 e. The summed E-state index contributed by atoms with van der Waals surface area (Å²) >= 11 is 13.0. The maximum Gasteiger partial charge on any atom is 0.243 e. The van der Waals surface area contributed by atoms with Crippen LogP contribution in [0, 0.1) is 6.92 Å². The lowest BCUT2D eigenvalue weighted by Crippen LogP contribution is -2.50. The summed E-state index contributed by atoms with van der Waals surface area (Å²) in [6.45, 7) is 5.17. The fourth-order valence-electron chi connectivity index (χ4n) is 4.11. The van der Waals surface area contributed by atoms with Crippen molar-refractivity contribution in [2.45, 2.75) is 58.5 Å². The number of halogens is 2. The molecule has 3 aromatic rings. The van der Waals surface area contributed by atoms with Crippen LogP contribution in [0.1, 0.15) is 49.3 Å². The highest BCUT2D eigenvalue weighted by molar-refractivity contribution is 6.36. The normalized spacial score (nSPS) is 11.6. The van der Waals surface area contributed by atoms with E-state index >= 15 is 0 Å². The summed E-state index contributed by atoms with van der Waals surface area (Å²) in [5, 5.41) is 3.95. The molecule has 1 unspecified atom stereocenters. The topological polar surface area (TPSA) is 58.6 Å². The summed E-state index contributed by atoms with van der Waals surface area (Å²) in [5.74, 6) is 0.426. The molecule has 1 atom stereocenters. The Bertz CT molecular complexity index is 1150. The first kappa shape index (κ1) is 29.5. The summed E-state index contributed by atoms with van der Waals surface area (Å²) < 4.78 is 5.82. The van der Waals surface area contributed by atoms with Gasteiger partial charge in [-0.3, -0.25) is 9.59 Å². The molecule has 0 bridgehead atoms. The van der Waals surface area contributed by atoms with E-state index in [4.69, 9.17) is 27.9 Å². The van der Waals surface area contributed by atoms with Gasteiger partial charge in [-0.05, 0) is 49.6 Å². The Kier molecular flexibility index (Phi) is 12.0. The average Bonchev–Trinajstić information content (AvgIpc) is 2.91. The number of carbonyl (C=O) groups is 2. The Morgan fingerprint density at radius 3 is 2.26 bits per heavy atom. The highest BCUT2D eigenvalue weighted by atomic mass is 35.5. The van der Waals surface area contributed by atoms with Crippen LogP contribution in [0.5, 0.6) is 5.75 Å². The van der Waals surface area contributed by atoms with Gasteiger partial charge in [-0.25, -0.2) is 0 Å². The molecule has 7 heteroatoms. The molecule has 3 rings (SSSR count). The molecule has 0 saturated heterocycles. The molecule has 1 N–H and O–H groups in total. The van der Waals surface area contributed by atoms with Gasteiger partial charge in [-0.15, -0.1) is 0 Å². The Morgan fingerprint density at radius 1 is 0.921 bits per heavy atom. The van der Waals surface area contributed by atoms with Crippen LogP contribution in [0.25, 0.3) is 0 Å². The van der Waals surface area contributed by atoms with Crippen LogP contribution in [0.2, 0.25) is 10.0 Å². The van der Waals surface area contributed by atoms with Crippen molar-refractivity contribution < 1.29 is 14.3 Å². The number of ether oxygens (including phenoxy) is 1. The lowest BCUT2D eigenvalue weighted by molar-refractivity contribution is -0.141. The van der Waals surface area contributed by atoms with E-state index in [2.05, 4.69) is 12.2 Å². The summed E-state index contributed by atoms with van der Waals surface area (Å²) in [6.07, 6.45) is 2.94. The van der Waals surface area contributed by atoms with Crippen LogP contribution in [0.3, 0.4) is 0 Å². The minimum atomic E-state index is -0.716. The number of unbranched alkanes of at least 4 members (excludes halogenated alkanes) is 1. The van der Waals surface area contributed by atoms with Gasteiger partial charge in [0.1, 0.15) is 11.8 Å². The van der Waals surface area contributed by atoms with Crippen molar-refractivity contribution in [3.05, 3.63) is 99.5 Å². The molecule has 38 heavy (non-hydrogen) atoms. The number of hydrogen-bond acceptors (Lipinski definition) is 3. The Hall–Kier alpha value is -3.02. The molecule has 0 aliphatic carbocycles. The predicted octanol–water partition coefficient (Wildman–Crippen LogP) is 7.02. The fourth-order valence-corrected chi connectivity index (χ4v) is 4.62. The maximum atomic E-state index is 13.7. The molecule has 0 heterocycles. The first-order chi connectivity index (χ1) is 18.4. The molecule has 0 spiro atoms. The molecular weight excluding hydrogens is 519 g/mol. The maximum absolute atomic E-state index is 13.7. The zero-order valence-electron chi connectivity index (χ0n) is 22.1. The Balaban J connectivity index is 1.82. The summed E-state index contributed by atoms with van der Waals surface area (Å²) in [7, 11) is 0. The number of amides is 2. The van der Waals surface area contributed by atoms with E-state index in [9.17, 15) is 9.59 Å². The second-order valence-electron chi connectivity index (χ2n) is 9.34. The van der Waals surface area contributed by atoms with Crippen LogP contribution >= 0.6 is 23.2 Å². The lowest BCUT2D eigenvalue weighted by Gasteiger charge is -2.32. The van der Waals surface area contributed by atoms with Crippen LogP contribution in [0.15, 0.2) is 72.8 Å². The van der Waals surface area contributed by atoms with Gasteiger partial charge in [-0.2, -0.15) is 0 Å². The second-order valence-corrected chi connectivity index (χ2v) is 10.2. The molecule has 0 aliphatic heterocycles. The van der Waals surface area contributed by atoms with Crippen molar-refractivity contribution in [2.75, 3.05) is 13.2 Å². The predicted molar refractivity (Wildman–Crippen MR) is 155 cm³/mol. The number of hydrogen-bond donors (Lipinski definition) is 1. The van der Waals surface area contributed by atoms with E-state index in [-0.39, 0.29) is 24.8 Å². The minimum absolute atomic E-state index is 0.134. The number of benzene rings is 3. The van der Waals surface area contributed by atoms with Gasteiger partial charge in [0.2, 0.25) is 11.8 Å². The Labute approximate surface area is 236 Å². The first-order valence-electron chi connectivity index (χ1n) is 13.1. The van der Waals surface area contributed by atoms with Crippen LogP contribution < -0.4 is 10.1 Å². The van der Waals surface area contributed by atoms with Crippen molar-refractivity contribution in [3.63, 3.8) is 0 Å². The zero-order valence-corrected chi connectivity index (χ0v) is 23.6. The van der Waals surface area contributed by atoms with Crippen molar-refractivity contribution in [2.24, 2.45) is 0 Å². The summed E-state index contributed by atoms with van der Waals surface area (Å²) in [5.41, 5.74) is 2.75. The third kappa shape index (κ3) is 9.07. The third-order valence-electron chi connectivity index (χ3n) is 6.32. The number of carbonyl (C=O) groups excluding carboxylic acids is 2. The molecule has 202 valence electrons. The van der Waals surface area contributed by atoms with Crippen molar-refractivity contribution in [1.82, 2.24) is 10.2 Å². The molecule has 2 amide bonds. The fraction of sp³-hybridized carbons (Fsp3) is 0.355. The second kappa shape index (κ2) is 15.4. The monoisotopic (exact) mass is 554 g/mol. The lowest BCUT2D eigenvalue weighted by atomic mass is 10.0. The molecule has 5 nitrogen and oxygen atoms in total. The van der Waals surface area contributed by atoms with Gasteiger partial charge < -0.3 is 15.0 Å². The third-order valence-corrected chi connectivity index (χ3v) is 7.02. The van der Waals surface area contributed by atoms with Crippen LogP contribution in [0.4, 0.5) is 0 Å². The smallest absolute Gasteiger partial charge is 0.243 e. The first-order valence-corrected chi connectivity index (χ1v) is 13.9. The molecule has 0 fully saturated rings. The molecule has 0 aliphatic rings. The van der Waals surface area contributed by atoms with E-state index in [0.717, 1.165) is 29.7 Å². The van der Waals surface area contributed by atoms with E-state index in [1.165, 1.54) is 0 Å². The molecule has 0 saturated carbocycles. The van der Waals surface area contributed by atoms with Crippen molar-refractivity contribution in [1.29, 1.82) is 0 Å². The van der Waals surface area contributed by atoms with Gasteiger partial charge in [-0.1, -0.05) is 90.6 Å². The largest absolute Gasteiger partial charge is 0.494 e. The number of nitrogens with zero attached hydrogens (tertiary/aromatic N) is 1. The quantitative estimate of drug-likeness (QED) is 0.218. The standard InChI is InChI=1S/C31H36Cl2N2O3/c1-3-4-19-34-31(37)29(21-24-10-6-5-7-11-24)35(22-26-27(32)12-8-13-28(26)33)30(36)14-9-20-38-25-17-15-23(2)16-18-25/h5-8,10-13,15-18,29H,3-4,9,14,19-22H2,1-2H3,(H,34,37). The molecular formula is C31H36Cl2N2O3. The van der Waals surface area contributed by atoms with Crippen molar-refractivity contribution >= 4 is 35.0 Å². The van der Waals surface area contributed by atoms with Gasteiger partial charge >= 0.3 is 0 Å². The van der Waals surface area contributed by atoms with Gasteiger partial charge in [0.05, 0.1) is 6.61 Å².